The van der Waals surface area contributed by atoms with Crippen molar-refractivity contribution in [2.75, 3.05) is 23.7 Å². The molecule has 1 aromatic heterocycles. The van der Waals surface area contributed by atoms with Crippen LogP contribution in [0.4, 0.5) is 10.1 Å². The number of sulfone groups is 1. The monoisotopic (exact) mass is 573 g/mol. The van der Waals surface area contributed by atoms with E-state index >= 15 is 4.39 Å². The Morgan fingerprint density at radius 3 is 2.72 bits per heavy atom. The molecule has 0 bridgehead atoms. The zero-order valence-corrected chi connectivity index (χ0v) is 22.5. The smallest absolute Gasteiger partial charge is 0.250 e. The van der Waals surface area contributed by atoms with Crippen LogP contribution in [0.5, 0.6) is 0 Å². The van der Waals surface area contributed by atoms with E-state index in [1.54, 1.807) is 29.2 Å². The van der Waals surface area contributed by atoms with Crippen LogP contribution in [-0.4, -0.2) is 60.2 Å². The fourth-order valence-electron chi connectivity index (χ4n) is 5.64. The Morgan fingerprint density at radius 2 is 2.00 bits per heavy atom. The van der Waals surface area contributed by atoms with Crippen LogP contribution in [0.1, 0.15) is 31.2 Å². The van der Waals surface area contributed by atoms with Gasteiger partial charge in [0.2, 0.25) is 17.7 Å². The average Bonchev–Trinajstić information content (AvgIpc) is 3.45. The summed E-state index contributed by atoms with van der Waals surface area (Å²) in [4.78, 5) is 27.9. The second-order valence-electron chi connectivity index (χ2n) is 10.4. The van der Waals surface area contributed by atoms with E-state index < -0.39 is 38.8 Å². The van der Waals surface area contributed by atoms with E-state index in [0.29, 0.717) is 29.6 Å². The number of nitrogens with two attached hydrogens (primary N) is 1. The Bertz CT molecular complexity index is 1610. The molecule has 1 saturated carbocycles. The summed E-state index contributed by atoms with van der Waals surface area (Å²) in [5.74, 6) is -1.75. The molecule has 39 heavy (non-hydrogen) atoms. The second kappa shape index (κ2) is 9.10. The molecule has 10 nitrogen and oxygen atoms in total. The van der Waals surface area contributed by atoms with Crippen LogP contribution < -0.4 is 10.6 Å². The first-order valence-electron chi connectivity index (χ1n) is 12.5. The van der Waals surface area contributed by atoms with Gasteiger partial charge >= 0.3 is 0 Å². The molecule has 1 saturated heterocycles. The first-order valence-corrected chi connectivity index (χ1v) is 14.5. The highest BCUT2D eigenvalue weighted by molar-refractivity contribution is 7.91. The van der Waals surface area contributed by atoms with E-state index in [0.717, 1.165) is 18.9 Å². The molecular weight excluding hydrogens is 549 g/mol. The first-order chi connectivity index (χ1) is 18.5. The lowest BCUT2D eigenvalue weighted by Crippen LogP contribution is -2.45. The molecule has 2 N–H and O–H groups in total. The topological polar surface area (TPSA) is 140 Å². The fourth-order valence-corrected chi connectivity index (χ4v) is 7.33. The van der Waals surface area contributed by atoms with E-state index in [2.05, 4.69) is 10.2 Å². The van der Waals surface area contributed by atoms with E-state index in [1.165, 1.54) is 17.9 Å². The maximum atomic E-state index is 15.5. The molecule has 204 valence electrons. The minimum absolute atomic E-state index is 0.0158. The fraction of sp³-hybridized carbons (Fsp3) is 0.385. The molecule has 1 aliphatic carbocycles. The van der Waals surface area contributed by atoms with Gasteiger partial charge in [-0.15, -0.1) is 10.2 Å². The molecule has 3 aromatic rings. The number of piperidine rings is 1. The number of anilines is 1. The lowest BCUT2D eigenvalue weighted by atomic mass is 9.97. The minimum Gasteiger partial charge on any atom is -0.420 e. The number of benzene rings is 2. The number of hydrogen-bond donors (Lipinski definition) is 1. The van der Waals surface area contributed by atoms with Gasteiger partial charge in [0, 0.05) is 25.0 Å². The lowest BCUT2D eigenvalue weighted by Gasteiger charge is -2.30. The van der Waals surface area contributed by atoms with E-state index in [4.69, 9.17) is 21.8 Å². The molecule has 3 aliphatic rings. The van der Waals surface area contributed by atoms with Gasteiger partial charge in [-0.1, -0.05) is 23.7 Å². The van der Waals surface area contributed by atoms with Gasteiger partial charge in [0.25, 0.3) is 5.89 Å². The summed E-state index contributed by atoms with van der Waals surface area (Å²) < 4.78 is 47.6. The number of nitrogens with zero attached hydrogens (tertiary/aromatic N) is 4. The zero-order chi connectivity index (χ0) is 27.7. The van der Waals surface area contributed by atoms with Crippen molar-refractivity contribution in [2.24, 2.45) is 11.7 Å². The summed E-state index contributed by atoms with van der Waals surface area (Å²) in [7, 11) is -4.10. The summed E-state index contributed by atoms with van der Waals surface area (Å²) in [6.45, 7) is 2.60. The van der Waals surface area contributed by atoms with Crippen molar-refractivity contribution in [2.45, 2.75) is 42.7 Å². The maximum absolute atomic E-state index is 15.5. The molecule has 6 rings (SSSR count). The van der Waals surface area contributed by atoms with Crippen molar-refractivity contribution in [1.29, 1.82) is 0 Å². The lowest BCUT2D eigenvalue weighted by molar-refractivity contribution is -0.130. The van der Waals surface area contributed by atoms with Crippen LogP contribution in [0.15, 0.2) is 45.7 Å². The van der Waals surface area contributed by atoms with Crippen molar-refractivity contribution in [1.82, 2.24) is 15.1 Å². The van der Waals surface area contributed by atoms with Crippen LogP contribution in [0.2, 0.25) is 5.02 Å². The first kappa shape index (κ1) is 25.9. The number of carbonyl (C=O) groups excluding carboxylic acids is 2. The normalized spacial score (nSPS) is 25.6. The molecule has 3 heterocycles. The molecule has 0 radical (unpaired) electrons. The van der Waals surface area contributed by atoms with Gasteiger partial charge in [-0.2, -0.15) is 0 Å². The maximum Gasteiger partial charge on any atom is 0.250 e. The highest BCUT2D eigenvalue weighted by Crippen LogP contribution is 2.58. The van der Waals surface area contributed by atoms with Crippen LogP contribution in [0.25, 0.3) is 11.5 Å². The number of halogens is 2. The van der Waals surface area contributed by atoms with E-state index in [1.807, 2.05) is 0 Å². The van der Waals surface area contributed by atoms with Crippen LogP contribution >= 0.6 is 11.6 Å². The summed E-state index contributed by atoms with van der Waals surface area (Å²) in [5, 5.41) is 8.77. The van der Waals surface area contributed by atoms with Gasteiger partial charge in [0.15, 0.2) is 9.84 Å². The van der Waals surface area contributed by atoms with Crippen LogP contribution in [-0.2, 0) is 31.4 Å². The number of carbonyl (C=O) groups is 2. The second-order valence-corrected chi connectivity index (χ2v) is 12.9. The Hall–Kier alpha value is -3.35. The van der Waals surface area contributed by atoms with Crippen molar-refractivity contribution in [3.63, 3.8) is 0 Å². The van der Waals surface area contributed by atoms with E-state index in [9.17, 15) is 18.0 Å². The molecule has 3 atom stereocenters. The predicted molar refractivity (Wildman–Crippen MR) is 139 cm³/mol. The molecule has 0 spiro atoms. The highest BCUT2D eigenvalue weighted by atomic mass is 35.5. The van der Waals surface area contributed by atoms with Crippen LogP contribution in [0, 0.1) is 11.7 Å². The molecule has 13 heteroatoms. The summed E-state index contributed by atoms with van der Waals surface area (Å²) >= 11 is 5.99. The number of rotatable bonds is 4. The van der Waals surface area contributed by atoms with Crippen molar-refractivity contribution in [3.05, 3.63) is 58.7 Å². The Morgan fingerprint density at radius 1 is 1.26 bits per heavy atom. The van der Waals surface area contributed by atoms with Gasteiger partial charge in [-0.05, 0) is 48.6 Å². The van der Waals surface area contributed by atoms with Crippen molar-refractivity contribution < 1.29 is 26.8 Å². The van der Waals surface area contributed by atoms with Crippen molar-refractivity contribution >= 4 is 38.9 Å². The summed E-state index contributed by atoms with van der Waals surface area (Å²) in [6, 6.07) is 7.49. The van der Waals surface area contributed by atoms with Gasteiger partial charge in [-0.25, -0.2) is 12.8 Å². The molecular formula is C26H25ClFN5O5S. The average molecular weight is 574 g/mol. The summed E-state index contributed by atoms with van der Waals surface area (Å²) in [5.41, 5.74) is 6.01. The van der Waals surface area contributed by atoms with Gasteiger partial charge in [0.1, 0.15) is 5.82 Å². The molecule has 2 aromatic carbocycles. The molecule has 2 aliphatic heterocycles. The van der Waals surface area contributed by atoms with Gasteiger partial charge in [-0.3, -0.25) is 9.59 Å². The van der Waals surface area contributed by atoms with Crippen molar-refractivity contribution in [3.8, 4) is 11.5 Å². The Labute approximate surface area is 228 Å². The third kappa shape index (κ3) is 4.40. The predicted octanol–water partition coefficient (Wildman–Crippen LogP) is 2.69. The van der Waals surface area contributed by atoms with Gasteiger partial charge < -0.3 is 20.0 Å². The Kier molecular flexibility index (Phi) is 6.05. The number of hydrogen-bond acceptors (Lipinski definition) is 8. The standard InChI is InChI=1S/C26H25ClFN5O5S/c1-14(34)32-7-6-16-10-26(16,13-32)25-31-30-23(38-25)18-8-21-22(9-19(18)28)39(36,37)12-20(29)24(35)33(21)11-15-2-4-17(27)5-3-15/h2-5,8-9,16,20H,6-7,10-13,29H2,1H3/t16?,20-,26?/m0/s1. The molecule has 2 fully saturated rings. The third-order valence-corrected chi connectivity index (χ3v) is 9.94. The van der Waals surface area contributed by atoms with Gasteiger partial charge in [0.05, 0.1) is 39.9 Å². The number of amides is 2. The molecule has 2 amide bonds. The number of likely N-dealkylation sites (tertiary alicyclic amines) is 1. The molecule has 2 unspecified atom stereocenters. The van der Waals surface area contributed by atoms with E-state index in [-0.39, 0.29) is 40.4 Å². The summed E-state index contributed by atoms with van der Waals surface area (Å²) in [6.07, 6.45) is 1.59. The quantitative estimate of drug-likeness (QED) is 0.502. The Balaban J connectivity index is 1.42. The highest BCUT2D eigenvalue weighted by Gasteiger charge is 2.62. The van der Waals surface area contributed by atoms with Crippen LogP contribution in [0.3, 0.4) is 0 Å². The zero-order valence-electron chi connectivity index (χ0n) is 20.9. The SMILES string of the molecule is CC(=O)N1CCC2CC2(c2nnc(-c3cc4c(cc3F)S(=O)(=O)C[C@H](N)C(=O)N4Cc3ccc(Cl)cc3)o2)C1. The minimum atomic E-state index is -4.10. The largest absolute Gasteiger partial charge is 0.420 e. The number of aromatic nitrogens is 2. The third-order valence-electron chi connectivity index (χ3n) is 7.89. The number of fused-ring (bicyclic) bond motifs is 2.